The molecule has 27 heteroatoms. The molecule has 2 aromatic rings. The Balaban J connectivity index is 2.55. The van der Waals surface area contributed by atoms with Gasteiger partial charge in [-0.3, -0.25) is 52.9 Å². The van der Waals surface area contributed by atoms with Crippen LogP contribution >= 0.6 is 0 Å². The number of para-hydroxylation sites is 1. The molecule has 1 heterocycles. The van der Waals surface area contributed by atoms with Crippen LogP contribution in [0.2, 0.25) is 0 Å². The number of carbonyl (C=O) groups is 11. The summed E-state index contributed by atoms with van der Waals surface area (Å²) in [6.07, 6.45) is -1.41. The van der Waals surface area contributed by atoms with Crippen molar-refractivity contribution in [1.82, 2.24) is 42.2 Å². The lowest BCUT2D eigenvalue weighted by Crippen LogP contribution is -2.60. The number of nitrogens with one attached hydrogen (secondary N) is 8. The van der Waals surface area contributed by atoms with E-state index in [9.17, 15) is 63.0 Å². The summed E-state index contributed by atoms with van der Waals surface area (Å²) >= 11 is 0. The number of nitrogens with two attached hydrogens (primary N) is 4. The SMILES string of the molecule is CC[C@H](C)[C@H](NC(=O)[C@@H](N)CC(C)C)C(=O)N[C@@H](C)C(=O)N[C@@H](CCCN=C(N)N)C(=O)N[C@@H](Cc1c[nH]c2ccccc12)C(=O)N[C@@H](CCC(=O)O)C(=O)N[C@@H](CCC(N)=O)C(=O)N[C@@H](CC(=O)O)C(=O)O. The van der Waals surface area contributed by atoms with Crippen molar-refractivity contribution in [2.24, 2.45) is 39.8 Å². The van der Waals surface area contributed by atoms with Gasteiger partial charge in [0, 0.05) is 42.9 Å². The van der Waals surface area contributed by atoms with Crippen molar-refractivity contribution in [3.63, 3.8) is 0 Å². The van der Waals surface area contributed by atoms with Crippen molar-refractivity contribution >= 4 is 82.0 Å². The first kappa shape index (κ1) is 61.3. The standard InChI is InChI=1S/C46H71N13O14/c1-6-23(4)37(59-39(66)27(47)18-22(2)3)44(71)53-24(5)38(65)54-29(12-9-17-51-46(49)50)40(67)57-32(19-25-21-52-28-11-8-7-10-26(25)28)43(70)56-31(14-16-35(61)62)41(68)55-30(13-15-34(48)60)42(69)58-33(45(72)73)20-36(63)64/h7-8,10-11,21-24,27,29-33,37,52H,6,9,12-20,47H2,1-5H3,(H2,48,60)(H,53,71)(H,54,65)(H,55,68)(H,56,70)(H,57,67)(H,58,69)(H,59,66)(H,61,62)(H,63,64)(H,72,73)(H4,49,50,51)/t23-,24-,27-,29-,30-,31-,32-,33-,37-/m0/s1. The highest BCUT2D eigenvalue weighted by Crippen LogP contribution is 2.20. The molecule has 2 rings (SSSR count). The average molecular weight is 1030 g/mol. The molecule has 0 unspecified atom stereocenters. The fraction of sp³-hybridized carbons (Fsp3) is 0.565. The predicted molar refractivity (Wildman–Crippen MR) is 263 cm³/mol. The lowest BCUT2D eigenvalue weighted by atomic mass is 9.96. The van der Waals surface area contributed by atoms with Crippen LogP contribution in [0, 0.1) is 11.8 Å². The van der Waals surface area contributed by atoms with Crippen molar-refractivity contribution < 1.29 is 68.1 Å². The number of guanidine groups is 1. The second-order valence-corrected chi connectivity index (χ2v) is 18.0. The fourth-order valence-electron chi connectivity index (χ4n) is 7.30. The number of rotatable bonds is 33. The van der Waals surface area contributed by atoms with Crippen LogP contribution in [-0.2, 0) is 59.2 Å². The number of hydrogen-bond donors (Lipinski definition) is 15. The molecule has 19 N–H and O–H groups in total. The fourth-order valence-corrected chi connectivity index (χ4v) is 7.30. The second-order valence-electron chi connectivity index (χ2n) is 18.0. The van der Waals surface area contributed by atoms with E-state index in [-0.39, 0.29) is 43.6 Å². The van der Waals surface area contributed by atoms with E-state index in [0.717, 1.165) is 0 Å². The Morgan fingerprint density at radius 3 is 1.70 bits per heavy atom. The van der Waals surface area contributed by atoms with Crippen LogP contribution in [0.3, 0.4) is 0 Å². The zero-order chi connectivity index (χ0) is 55.1. The van der Waals surface area contributed by atoms with Crippen molar-refractivity contribution in [3.8, 4) is 0 Å². The minimum absolute atomic E-state index is 0.00188. The monoisotopic (exact) mass is 1030 g/mol. The Bertz CT molecular complexity index is 2320. The number of carboxylic acid groups (broad SMARTS) is 3. The summed E-state index contributed by atoms with van der Waals surface area (Å²) in [5, 5.41) is 46.0. The van der Waals surface area contributed by atoms with Gasteiger partial charge >= 0.3 is 17.9 Å². The van der Waals surface area contributed by atoms with Crippen LogP contribution in [-0.4, -0.2) is 146 Å². The third kappa shape index (κ3) is 21.6. The normalized spacial score (nSPS) is 14.8. The van der Waals surface area contributed by atoms with E-state index in [1.54, 1.807) is 37.4 Å². The number of H-pyrrole nitrogens is 1. The van der Waals surface area contributed by atoms with E-state index in [0.29, 0.717) is 29.3 Å². The molecule has 0 aliphatic carbocycles. The highest BCUT2D eigenvalue weighted by molar-refractivity contribution is 5.98. The van der Waals surface area contributed by atoms with Crippen molar-refractivity contribution in [2.45, 2.75) is 147 Å². The van der Waals surface area contributed by atoms with Crippen molar-refractivity contribution in [3.05, 3.63) is 36.0 Å². The van der Waals surface area contributed by atoms with Crippen LogP contribution in [0.5, 0.6) is 0 Å². The zero-order valence-corrected chi connectivity index (χ0v) is 41.5. The molecule has 0 aliphatic heterocycles. The van der Waals surface area contributed by atoms with Crippen LogP contribution in [0.1, 0.15) is 98.0 Å². The molecule has 0 saturated carbocycles. The number of primary amides is 1. The van der Waals surface area contributed by atoms with Gasteiger partial charge < -0.3 is 80.5 Å². The number of aromatic amines is 1. The van der Waals surface area contributed by atoms with Gasteiger partial charge in [-0.25, -0.2) is 4.79 Å². The number of amides is 8. The number of aliphatic imine (C=N–C) groups is 1. The van der Waals surface area contributed by atoms with E-state index in [4.69, 9.17) is 28.0 Å². The molecule has 0 bridgehead atoms. The second kappa shape index (κ2) is 30.1. The first-order chi connectivity index (χ1) is 34.2. The number of carboxylic acids is 3. The van der Waals surface area contributed by atoms with Crippen molar-refractivity contribution in [2.75, 3.05) is 6.54 Å². The van der Waals surface area contributed by atoms with Gasteiger partial charge in [0.15, 0.2) is 5.96 Å². The summed E-state index contributed by atoms with van der Waals surface area (Å²) in [6.45, 7) is 8.66. The van der Waals surface area contributed by atoms with Gasteiger partial charge in [0.05, 0.1) is 12.5 Å². The molecule has 0 spiro atoms. The Kier molecular flexibility index (Phi) is 25.3. The third-order valence-electron chi connectivity index (χ3n) is 11.5. The number of carbonyl (C=O) groups excluding carboxylic acids is 8. The molecule has 8 amide bonds. The molecule has 1 aromatic carbocycles. The van der Waals surface area contributed by atoms with Crippen LogP contribution in [0.15, 0.2) is 35.5 Å². The van der Waals surface area contributed by atoms with E-state index in [1.165, 1.54) is 6.92 Å². The van der Waals surface area contributed by atoms with E-state index >= 15 is 0 Å². The number of benzene rings is 1. The molecule has 0 radical (unpaired) electrons. The summed E-state index contributed by atoms with van der Waals surface area (Å²) < 4.78 is 0. The Hall–Kier alpha value is -7.84. The largest absolute Gasteiger partial charge is 0.481 e. The van der Waals surface area contributed by atoms with E-state index in [1.807, 2.05) is 26.1 Å². The first-order valence-corrected chi connectivity index (χ1v) is 23.7. The average Bonchev–Trinajstić information content (AvgIpc) is 3.72. The van der Waals surface area contributed by atoms with Gasteiger partial charge in [-0.2, -0.15) is 0 Å². The molecule has 0 aliphatic rings. The Labute approximate surface area is 420 Å². The quantitative estimate of drug-likeness (QED) is 0.0196. The summed E-state index contributed by atoms with van der Waals surface area (Å²) in [4.78, 5) is 150. The molecule has 0 saturated heterocycles. The molecular weight excluding hydrogens is 959 g/mol. The number of nitrogens with zero attached hydrogens (tertiary/aromatic N) is 1. The maximum atomic E-state index is 14.4. The Morgan fingerprint density at radius 1 is 0.630 bits per heavy atom. The molecule has 404 valence electrons. The molecule has 9 atom stereocenters. The molecule has 73 heavy (non-hydrogen) atoms. The van der Waals surface area contributed by atoms with Gasteiger partial charge in [-0.15, -0.1) is 0 Å². The van der Waals surface area contributed by atoms with Gasteiger partial charge in [0.25, 0.3) is 0 Å². The van der Waals surface area contributed by atoms with E-state index in [2.05, 4.69) is 41.9 Å². The highest BCUT2D eigenvalue weighted by atomic mass is 16.4. The maximum absolute atomic E-state index is 14.4. The number of aliphatic carboxylic acids is 3. The van der Waals surface area contributed by atoms with Crippen molar-refractivity contribution in [1.29, 1.82) is 0 Å². The molecular formula is C46H71N13O14. The minimum atomic E-state index is -1.98. The topological polar surface area (TPSA) is 465 Å². The smallest absolute Gasteiger partial charge is 0.326 e. The summed E-state index contributed by atoms with van der Waals surface area (Å²) in [5.74, 6) is -12.8. The third-order valence-corrected chi connectivity index (χ3v) is 11.5. The van der Waals surface area contributed by atoms with Gasteiger partial charge in [0.1, 0.15) is 42.3 Å². The summed E-state index contributed by atoms with van der Waals surface area (Å²) in [7, 11) is 0. The number of aromatic nitrogens is 1. The first-order valence-electron chi connectivity index (χ1n) is 23.7. The van der Waals surface area contributed by atoms with E-state index < -0.39 is 146 Å². The highest BCUT2D eigenvalue weighted by Gasteiger charge is 2.35. The van der Waals surface area contributed by atoms with Gasteiger partial charge in [-0.05, 0) is 62.5 Å². The molecule has 1 aromatic heterocycles. The number of fused-ring (bicyclic) bond motifs is 1. The van der Waals surface area contributed by atoms with Crippen LogP contribution in [0.4, 0.5) is 0 Å². The lowest BCUT2D eigenvalue weighted by molar-refractivity contribution is -0.147. The maximum Gasteiger partial charge on any atom is 0.326 e. The summed E-state index contributed by atoms with van der Waals surface area (Å²) in [6, 6.07) is -4.90. The lowest BCUT2D eigenvalue weighted by Gasteiger charge is -2.28. The Morgan fingerprint density at radius 2 is 1.16 bits per heavy atom. The van der Waals surface area contributed by atoms with Gasteiger partial charge in [0.2, 0.25) is 47.3 Å². The molecule has 27 nitrogen and oxygen atoms in total. The summed E-state index contributed by atoms with van der Waals surface area (Å²) in [5.41, 5.74) is 23.4. The van der Waals surface area contributed by atoms with Gasteiger partial charge in [-0.1, -0.05) is 52.3 Å². The van der Waals surface area contributed by atoms with Crippen LogP contribution in [0.25, 0.3) is 10.9 Å². The number of hydrogen-bond acceptors (Lipinski definition) is 13. The minimum Gasteiger partial charge on any atom is -0.481 e. The van der Waals surface area contributed by atoms with Crippen LogP contribution < -0.4 is 60.2 Å². The molecule has 0 fully saturated rings. The predicted octanol–water partition coefficient (Wildman–Crippen LogP) is -2.71. The zero-order valence-electron chi connectivity index (χ0n) is 41.5.